The predicted molar refractivity (Wildman–Crippen MR) is 80.5 cm³/mol. The topological polar surface area (TPSA) is 87.1 Å². The van der Waals surface area contributed by atoms with Crippen molar-refractivity contribution in [2.75, 3.05) is 0 Å². The first kappa shape index (κ1) is 15.2. The van der Waals surface area contributed by atoms with Crippen molar-refractivity contribution >= 4 is 21.6 Å². The van der Waals surface area contributed by atoms with Crippen LogP contribution in [0, 0.1) is 10.1 Å². The van der Waals surface area contributed by atoms with Gasteiger partial charge in [-0.15, -0.1) is 0 Å². The first-order valence-electron chi connectivity index (χ1n) is 6.17. The molecule has 1 aromatic carbocycles. The van der Waals surface area contributed by atoms with Crippen molar-refractivity contribution in [1.29, 1.82) is 0 Å². The zero-order chi connectivity index (χ0) is 15.6. The first-order chi connectivity index (χ1) is 9.95. The fraction of sp³-hybridized carbons (Fsp3) is 0.231. The minimum Gasteiger partial charge on any atom is -0.301 e. The van der Waals surface area contributed by atoms with Crippen molar-refractivity contribution in [3.05, 3.63) is 71.5 Å². The normalized spacial score (nSPS) is 10.6. The number of nitro groups is 1. The first-order valence-corrected chi connectivity index (χ1v) is 6.97. The Labute approximate surface area is 127 Å². The molecule has 7 nitrogen and oxygen atoms in total. The molecule has 0 N–H and O–H groups in total. The fourth-order valence-corrected chi connectivity index (χ4v) is 2.48. The Morgan fingerprint density at radius 3 is 2.62 bits per heavy atom. The standard InChI is InChI=1S/C13H12BrN3O4/c1-2-15-7-6-11(18)16(13(15)19)8-9-4-3-5-10(12(9)14)17(20)21/h3-7H,2,8H2,1H3. The minimum atomic E-state index is -0.522. The summed E-state index contributed by atoms with van der Waals surface area (Å²) in [5, 5.41) is 10.9. The Hall–Kier alpha value is -2.22. The molecular weight excluding hydrogens is 342 g/mol. The Bertz CT molecular complexity index is 810. The van der Waals surface area contributed by atoms with E-state index in [1.54, 1.807) is 13.0 Å². The molecule has 0 amide bonds. The second kappa shape index (κ2) is 6.04. The van der Waals surface area contributed by atoms with E-state index in [0.717, 1.165) is 4.57 Å². The van der Waals surface area contributed by atoms with Crippen LogP contribution in [0.1, 0.15) is 12.5 Å². The van der Waals surface area contributed by atoms with E-state index in [4.69, 9.17) is 0 Å². The SMILES string of the molecule is CCn1ccc(=O)n(Cc2cccc([N+](=O)[O-])c2Br)c1=O. The van der Waals surface area contributed by atoms with Crippen molar-refractivity contribution in [2.24, 2.45) is 0 Å². The number of halogens is 1. The van der Waals surface area contributed by atoms with Crippen molar-refractivity contribution in [3.63, 3.8) is 0 Å². The largest absolute Gasteiger partial charge is 0.331 e. The highest BCUT2D eigenvalue weighted by Gasteiger charge is 2.16. The summed E-state index contributed by atoms with van der Waals surface area (Å²) in [5.41, 5.74) is -0.490. The second-order valence-electron chi connectivity index (χ2n) is 4.32. The van der Waals surface area contributed by atoms with Gasteiger partial charge in [0.2, 0.25) is 0 Å². The molecule has 21 heavy (non-hydrogen) atoms. The lowest BCUT2D eigenvalue weighted by atomic mass is 10.2. The summed E-state index contributed by atoms with van der Waals surface area (Å²) in [6.45, 7) is 2.20. The molecule has 2 rings (SSSR count). The molecule has 0 spiro atoms. The van der Waals surface area contributed by atoms with Gasteiger partial charge >= 0.3 is 5.69 Å². The van der Waals surface area contributed by atoms with Crippen molar-refractivity contribution in [1.82, 2.24) is 9.13 Å². The minimum absolute atomic E-state index is 0.0270. The molecule has 2 aromatic rings. The highest BCUT2D eigenvalue weighted by Crippen LogP contribution is 2.28. The van der Waals surface area contributed by atoms with Crippen LogP contribution in [0.4, 0.5) is 5.69 Å². The van der Waals surface area contributed by atoms with Gasteiger partial charge in [-0.3, -0.25) is 19.5 Å². The molecule has 110 valence electrons. The van der Waals surface area contributed by atoms with Crippen LogP contribution in [0.3, 0.4) is 0 Å². The summed E-state index contributed by atoms with van der Waals surface area (Å²) in [6.07, 6.45) is 1.43. The van der Waals surface area contributed by atoms with E-state index in [2.05, 4.69) is 15.9 Å². The number of nitrogens with zero attached hydrogens (tertiary/aromatic N) is 3. The van der Waals surface area contributed by atoms with Gasteiger partial charge in [-0.25, -0.2) is 4.79 Å². The zero-order valence-electron chi connectivity index (χ0n) is 11.2. The van der Waals surface area contributed by atoms with Crippen LogP contribution in [0.15, 0.2) is 44.5 Å². The fourth-order valence-electron chi connectivity index (χ4n) is 1.94. The van der Waals surface area contributed by atoms with Crippen LogP contribution < -0.4 is 11.2 Å². The summed E-state index contributed by atoms with van der Waals surface area (Å²) >= 11 is 3.16. The van der Waals surface area contributed by atoms with Crippen LogP contribution in [0.5, 0.6) is 0 Å². The molecule has 0 aliphatic carbocycles. The van der Waals surface area contributed by atoms with Crippen LogP contribution in [0.25, 0.3) is 0 Å². The lowest BCUT2D eigenvalue weighted by Gasteiger charge is -2.09. The maximum Gasteiger partial charge on any atom is 0.331 e. The molecule has 0 radical (unpaired) electrons. The molecule has 0 saturated heterocycles. The molecule has 0 atom stereocenters. The molecule has 0 aliphatic heterocycles. The van der Waals surface area contributed by atoms with E-state index >= 15 is 0 Å². The van der Waals surface area contributed by atoms with Crippen LogP contribution in [-0.2, 0) is 13.1 Å². The van der Waals surface area contributed by atoms with Gasteiger partial charge in [-0.2, -0.15) is 0 Å². The van der Waals surface area contributed by atoms with E-state index in [1.165, 1.54) is 29.0 Å². The highest BCUT2D eigenvalue weighted by atomic mass is 79.9. The number of hydrogen-bond acceptors (Lipinski definition) is 4. The van der Waals surface area contributed by atoms with Gasteiger partial charge in [-0.1, -0.05) is 12.1 Å². The second-order valence-corrected chi connectivity index (χ2v) is 5.11. The Morgan fingerprint density at radius 1 is 1.29 bits per heavy atom. The molecule has 1 heterocycles. The van der Waals surface area contributed by atoms with Gasteiger partial charge < -0.3 is 4.57 Å². The van der Waals surface area contributed by atoms with E-state index < -0.39 is 16.2 Å². The number of hydrogen-bond donors (Lipinski definition) is 0. The Balaban J connectivity index is 2.54. The third-order valence-corrected chi connectivity index (χ3v) is 3.98. The van der Waals surface area contributed by atoms with Crippen molar-refractivity contribution in [2.45, 2.75) is 20.0 Å². The average molecular weight is 354 g/mol. The third-order valence-electron chi connectivity index (χ3n) is 3.06. The van der Waals surface area contributed by atoms with Crippen molar-refractivity contribution in [3.8, 4) is 0 Å². The molecule has 0 bridgehead atoms. The zero-order valence-corrected chi connectivity index (χ0v) is 12.7. The lowest BCUT2D eigenvalue weighted by molar-refractivity contribution is -0.385. The molecule has 1 aromatic heterocycles. The van der Waals surface area contributed by atoms with Crippen LogP contribution in [-0.4, -0.2) is 14.1 Å². The van der Waals surface area contributed by atoms with Gasteiger partial charge in [0.25, 0.3) is 11.2 Å². The highest BCUT2D eigenvalue weighted by molar-refractivity contribution is 9.10. The summed E-state index contributed by atoms with van der Waals surface area (Å²) < 4.78 is 2.72. The van der Waals surface area contributed by atoms with Gasteiger partial charge in [0, 0.05) is 24.9 Å². The van der Waals surface area contributed by atoms with E-state index in [-0.39, 0.29) is 16.7 Å². The van der Waals surface area contributed by atoms with Gasteiger partial charge in [0.1, 0.15) is 4.47 Å². The predicted octanol–water partition coefficient (Wildman–Crippen LogP) is 1.75. The van der Waals surface area contributed by atoms with Crippen molar-refractivity contribution < 1.29 is 4.92 Å². The molecule has 0 fully saturated rings. The monoisotopic (exact) mass is 353 g/mol. The summed E-state index contributed by atoms with van der Waals surface area (Å²) in [5.74, 6) is 0. The quantitative estimate of drug-likeness (QED) is 0.618. The Morgan fingerprint density at radius 2 is 2.00 bits per heavy atom. The van der Waals surface area contributed by atoms with Gasteiger partial charge in [0.15, 0.2) is 0 Å². The molecular formula is C13H12BrN3O4. The lowest BCUT2D eigenvalue weighted by Crippen LogP contribution is -2.39. The summed E-state index contributed by atoms with van der Waals surface area (Å²) in [4.78, 5) is 34.4. The van der Waals surface area contributed by atoms with E-state index in [0.29, 0.717) is 12.1 Å². The van der Waals surface area contributed by atoms with Crippen LogP contribution in [0.2, 0.25) is 0 Å². The number of aryl methyl sites for hydroxylation is 1. The van der Waals surface area contributed by atoms with Gasteiger partial charge in [0.05, 0.1) is 11.5 Å². The number of nitro benzene ring substituents is 1. The molecule has 0 saturated carbocycles. The summed E-state index contributed by atoms with van der Waals surface area (Å²) in [6, 6.07) is 5.80. The smallest absolute Gasteiger partial charge is 0.301 e. The molecule has 8 heteroatoms. The van der Waals surface area contributed by atoms with E-state index in [1.807, 2.05) is 0 Å². The van der Waals surface area contributed by atoms with E-state index in [9.17, 15) is 19.7 Å². The van der Waals surface area contributed by atoms with Gasteiger partial charge in [-0.05, 0) is 28.4 Å². The van der Waals surface area contributed by atoms with Crippen LogP contribution >= 0.6 is 15.9 Å². The Kier molecular flexibility index (Phi) is 4.37. The maximum atomic E-state index is 12.1. The molecule has 0 unspecified atom stereocenters. The average Bonchev–Trinajstić information content (AvgIpc) is 2.45. The summed E-state index contributed by atoms with van der Waals surface area (Å²) in [7, 11) is 0. The number of aromatic nitrogens is 2. The molecule has 0 aliphatic rings. The third kappa shape index (κ3) is 2.94. The number of benzene rings is 1. The maximum absolute atomic E-state index is 12.1. The number of rotatable bonds is 4.